The van der Waals surface area contributed by atoms with Gasteiger partial charge in [0.1, 0.15) is 5.60 Å². The van der Waals surface area contributed by atoms with Crippen LogP contribution in [0.2, 0.25) is 0 Å². The predicted molar refractivity (Wildman–Crippen MR) is 102 cm³/mol. The molecule has 0 heterocycles. The predicted octanol–water partition coefficient (Wildman–Crippen LogP) is 5.09. The molecule has 0 amide bonds. The fourth-order valence-electron chi connectivity index (χ4n) is 4.68. The van der Waals surface area contributed by atoms with Gasteiger partial charge < -0.3 is 14.2 Å². The molecule has 3 aliphatic rings. The van der Waals surface area contributed by atoms with E-state index in [0.29, 0.717) is 17.8 Å². The van der Waals surface area contributed by atoms with Crippen molar-refractivity contribution >= 4 is 5.97 Å². The Kier molecular flexibility index (Phi) is 6.79. The lowest BCUT2D eigenvalue weighted by atomic mass is 9.81. The lowest BCUT2D eigenvalue weighted by Gasteiger charge is -2.45. The van der Waals surface area contributed by atoms with E-state index in [9.17, 15) is 4.79 Å². The fourth-order valence-corrected chi connectivity index (χ4v) is 4.68. The van der Waals surface area contributed by atoms with E-state index in [1.54, 1.807) is 6.92 Å². The van der Waals surface area contributed by atoms with E-state index in [4.69, 9.17) is 14.2 Å². The van der Waals surface area contributed by atoms with Gasteiger partial charge >= 0.3 is 5.97 Å². The summed E-state index contributed by atoms with van der Waals surface area (Å²) in [6.45, 7) is 7.48. The molecule has 0 radical (unpaired) electrons. The maximum atomic E-state index is 12.2. The van der Waals surface area contributed by atoms with E-state index in [1.807, 2.05) is 6.92 Å². The van der Waals surface area contributed by atoms with E-state index in [0.717, 1.165) is 32.1 Å². The van der Waals surface area contributed by atoms with Crippen molar-refractivity contribution in [3.63, 3.8) is 0 Å². The van der Waals surface area contributed by atoms with Crippen LogP contribution in [0.4, 0.5) is 0 Å². The second-order valence-electron chi connectivity index (χ2n) is 8.81. The van der Waals surface area contributed by atoms with Crippen LogP contribution in [-0.2, 0) is 19.0 Å². The van der Waals surface area contributed by atoms with Gasteiger partial charge in [0.25, 0.3) is 0 Å². The monoisotopic (exact) mass is 364 g/mol. The molecule has 3 fully saturated rings. The lowest BCUT2D eigenvalue weighted by molar-refractivity contribution is -0.203. The Bertz CT molecular complexity index is 490. The zero-order valence-electron chi connectivity index (χ0n) is 16.6. The van der Waals surface area contributed by atoms with Crippen molar-refractivity contribution in [2.75, 3.05) is 0 Å². The number of ether oxygens (including phenoxy) is 3. The Morgan fingerprint density at radius 3 is 2.08 bits per heavy atom. The van der Waals surface area contributed by atoms with Crippen LogP contribution in [0.1, 0.15) is 90.9 Å². The summed E-state index contributed by atoms with van der Waals surface area (Å²) in [6.07, 6.45) is 14.4. The average molecular weight is 365 g/mol. The number of rotatable bonds is 6. The minimum absolute atomic E-state index is 0.0888. The molecule has 0 aliphatic heterocycles. The largest absolute Gasteiger partial charge is 0.453 e. The average Bonchev–Trinajstić information content (AvgIpc) is 3.12. The van der Waals surface area contributed by atoms with Crippen molar-refractivity contribution in [2.24, 2.45) is 0 Å². The molecule has 3 rings (SSSR count). The summed E-state index contributed by atoms with van der Waals surface area (Å²) in [5, 5.41) is 0. The van der Waals surface area contributed by atoms with E-state index in [2.05, 4.69) is 6.58 Å². The quantitative estimate of drug-likeness (QED) is 0.486. The maximum Gasteiger partial charge on any atom is 0.333 e. The fraction of sp³-hybridized carbons (Fsp3) is 0.864. The molecule has 4 nitrogen and oxygen atoms in total. The molecular weight excluding hydrogens is 328 g/mol. The second-order valence-corrected chi connectivity index (χ2v) is 8.81. The van der Waals surface area contributed by atoms with Gasteiger partial charge in [-0.1, -0.05) is 38.7 Å². The summed E-state index contributed by atoms with van der Waals surface area (Å²) in [6, 6.07) is 0. The first-order valence-corrected chi connectivity index (χ1v) is 10.7. The molecule has 3 unspecified atom stereocenters. The van der Waals surface area contributed by atoms with Gasteiger partial charge in [-0.3, -0.25) is 0 Å². The Labute approximate surface area is 158 Å². The smallest absolute Gasteiger partial charge is 0.333 e. The van der Waals surface area contributed by atoms with E-state index in [1.165, 1.54) is 44.9 Å². The zero-order chi connectivity index (χ0) is 18.6. The van der Waals surface area contributed by atoms with Crippen molar-refractivity contribution in [3.8, 4) is 0 Å². The Hall–Kier alpha value is -0.870. The second kappa shape index (κ2) is 8.88. The molecule has 4 heteroatoms. The van der Waals surface area contributed by atoms with Gasteiger partial charge in [0, 0.05) is 12.0 Å². The minimum Gasteiger partial charge on any atom is -0.453 e. The highest BCUT2D eigenvalue weighted by molar-refractivity contribution is 5.87. The van der Waals surface area contributed by atoms with Crippen LogP contribution in [-0.4, -0.2) is 36.0 Å². The van der Waals surface area contributed by atoms with Crippen molar-refractivity contribution < 1.29 is 19.0 Å². The first-order chi connectivity index (χ1) is 12.5. The van der Waals surface area contributed by atoms with Gasteiger partial charge in [0.2, 0.25) is 0 Å². The van der Waals surface area contributed by atoms with E-state index >= 15 is 0 Å². The molecule has 3 atom stereocenters. The normalized spacial score (nSPS) is 33.9. The highest BCUT2D eigenvalue weighted by atomic mass is 16.6. The van der Waals surface area contributed by atoms with Gasteiger partial charge in [-0.2, -0.15) is 0 Å². The third-order valence-electron chi connectivity index (χ3n) is 6.39. The van der Waals surface area contributed by atoms with E-state index < -0.39 is 5.60 Å². The molecule has 3 aliphatic carbocycles. The van der Waals surface area contributed by atoms with Crippen LogP contribution in [0, 0.1) is 0 Å². The third kappa shape index (κ3) is 5.10. The molecule has 148 valence electrons. The SMILES string of the molecule is C=C(C)C(=O)OC1(C)CCC(OC2CCCC2)CC1OC1CCCCC1. The van der Waals surface area contributed by atoms with Crippen molar-refractivity contribution in [3.05, 3.63) is 12.2 Å². The maximum absolute atomic E-state index is 12.2. The van der Waals surface area contributed by atoms with Crippen LogP contribution < -0.4 is 0 Å². The number of esters is 1. The minimum atomic E-state index is -0.580. The molecule has 0 aromatic carbocycles. The molecule has 0 saturated heterocycles. The van der Waals surface area contributed by atoms with Crippen LogP contribution in [0.25, 0.3) is 0 Å². The Balaban J connectivity index is 1.65. The summed E-state index contributed by atoms with van der Waals surface area (Å²) < 4.78 is 18.8. The lowest BCUT2D eigenvalue weighted by Crippen LogP contribution is -2.52. The van der Waals surface area contributed by atoms with Gasteiger partial charge in [-0.25, -0.2) is 4.79 Å². The number of carbonyl (C=O) groups excluding carboxylic acids is 1. The standard InChI is InChI=1S/C22H36O4/c1-16(2)21(23)26-22(3)14-13-19(24-17-11-7-8-12-17)15-20(22)25-18-9-5-4-6-10-18/h17-20H,1,4-15H2,2-3H3. The summed E-state index contributed by atoms with van der Waals surface area (Å²) >= 11 is 0. The first kappa shape index (κ1) is 19.9. The topological polar surface area (TPSA) is 44.8 Å². The summed E-state index contributed by atoms with van der Waals surface area (Å²) in [4.78, 5) is 12.2. The molecule has 0 spiro atoms. The van der Waals surface area contributed by atoms with Crippen LogP contribution >= 0.6 is 0 Å². The van der Waals surface area contributed by atoms with Gasteiger partial charge in [0.15, 0.2) is 0 Å². The Morgan fingerprint density at radius 2 is 1.46 bits per heavy atom. The number of hydrogen-bond donors (Lipinski definition) is 0. The van der Waals surface area contributed by atoms with Gasteiger partial charge in [-0.05, 0) is 52.4 Å². The van der Waals surface area contributed by atoms with Crippen molar-refractivity contribution in [2.45, 2.75) is 121 Å². The van der Waals surface area contributed by atoms with Crippen LogP contribution in [0.3, 0.4) is 0 Å². The summed E-state index contributed by atoms with van der Waals surface area (Å²) in [5.41, 5.74) is -0.129. The van der Waals surface area contributed by atoms with Gasteiger partial charge in [-0.15, -0.1) is 0 Å². The molecule has 0 bridgehead atoms. The highest BCUT2D eigenvalue weighted by Gasteiger charge is 2.46. The first-order valence-electron chi connectivity index (χ1n) is 10.7. The summed E-state index contributed by atoms with van der Waals surface area (Å²) in [7, 11) is 0. The van der Waals surface area contributed by atoms with Crippen molar-refractivity contribution in [1.82, 2.24) is 0 Å². The molecule has 26 heavy (non-hydrogen) atoms. The Morgan fingerprint density at radius 1 is 0.885 bits per heavy atom. The van der Waals surface area contributed by atoms with Crippen molar-refractivity contribution in [1.29, 1.82) is 0 Å². The molecule has 0 aromatic heterocycles. The third-order valence-corrected chi connectivity index (χ3v) is 6.39. The van der Waals surface area contributed by atoms with Crippen LogP contribution in [0.5, 0.6) is 0 Å². The number of carbonyl (C=O) groups is 1. The molecule has 3 saturated carbocycles. The van der Waals surface area contributed by atoms with Crippen LogP contribution in [0.15, 0.2) is 12.2 Å². The number of hydrogen-bond acceptors (Lipinski definition) is 4. The molecule has 0 N–H and O–H groups in total. The highest BCUT2D eigenvalue weighted by Crippen LogP contribution is 2.39. The summed E-state index contributed by atoms with van der Waals surface area (Å²) in [5.74, 6) is -0.306. The van der Waals surface area contributed by atoms with E-state index in [-0.39, 0.29) is 18.2 Å². The van der Waals surface area contributed by atoms with Gasteiger partial charge in [0.05, 0.1) is 24.4 Å². The zero-order valence-corrected chi connectivity index (χ0v) is 16.6. The molecule has 0 aromatic rings. The molecular formula is C22H36O4.